The number of halogens is 6. The first-order chi connectivity index (χ1) is 18.7. The van der Waals surface area contributed by atoms with Crippen molar-refractivity contribution in [1.82, 2.24) is 19.7 Å². The van der Waals surface area contributed by atoms with Gasteiger partial charge in [-0.25, -0.2) is 0 Å². The third-order valence-electron chi connectivity index (χ3n) is 8.12. The molecule has 0 saturated heterocycles. The first-order valence-electron chi connectivity index (χ1n) is 12.8. The second kappa shape index (κ2) is 11.3. The molecule has 0 radical (unpaired) electrons. The smallest absolute Gasteiger partial charge is 0.433 e. The van der Waals surface area contributed by atoms with E-state index in [1.165, 1.54) is 12.4 Å². The van der Waals surface area contributed by atoms with Crippen molar-refractivity contribution in [2.45, 2.75) is 64.1 Å². The van der Waals surface area contributed by atoms with Gasteiger partial charge in [-0.15, -0.1) is 0 Å². The van der Waals surface area contributed by atoms with Gasteiger partial charge in [0.25, 0.3) is 5.91 Å². The highest BCUT2D eigenvalue weighted by Gasteiger charge is 2.46. The summed E-state index contributed by atoms with van der Waals surface area (Å²) in [6, 6.07) is -0.767. The van der Waals surface area contributed by atoms with Crippen LogP contribution in [0.2, 0.25) is 10.0 Å². The van der Waals surface area contributed by atoms with Gasteiger partial charge in [0.2, 0.25) is 0 Å². The third kappa shape index (κ3) is 6.12. The molecule has 2 aromatic heterocycles. The van der Waals surface area contributed by atoms with Crippen molar-refractivity contribution in [2.75, 3.05) is 19.8 Å². The molecule has 1 N–H and O–H groups in total. The number of carbonyl (C=O) groups is 3. The molecule has 0 unspecified atom stereocenters. The van der Waals surface area contributed by atoms with Gasteiger partial charge < -0.3 is 10.0 Å². The number of pyridine rings is 1. The number of Topliss-reactive ketones (excluding diaryl/α,β-unsaturated/α-hetero) is 1. The van der Waals surface area contributed by atoms with Gasteiger partial charge in [0.05, 0.1) is 52.0 Å². The minimum Gasteiger partial charge on any atom is -0.481 e. The summed E-state index contributed by atoms with van der Waals surface area (Å²) in [6.45, 7) is 0.0907. The average Bonchev–Trinajstić information content (AvgIpc) is 3.53. The molecule has 0 atom stereocenters. The number of alkyl halides is 4. The summed E-state index contributed by atoms with van der Waals surface area (Å²) >= 11 is 12.2. The molecule has 8 nitrogen and oxygen atoms in total. The maximum absolute atomic E-state index is 14.4. The molecule has 2 aromatic rings. The second-order valence-electron chi connectivity index (χ2n) is 11.0. The van der Waals surface area contributed by atoms with Crippen LogP contribution in [0.25, 0.3) is 0 Å². The predicted octanol–water partition coefficient (Wildman–Crippen LogP) is 6.27. The summed E-state index contributed by atoms with van der Waals surface area (Å²) < 4.78 is 57.5. The van der Waals surface area contributed by atoms with Gasteiger partial charge in [0, 0.05) is 24.4 Å². The molecule has 2 heterocycles. The molecular weight excluding hydrogens is 579 g/mol. The molecule has 2 aliphatic carbocycles. The molecule has 0 spiro atoms. The Morgan fingerprint density at radius 1 is 1.10 bits per heavy atom. The van der Waals surface area contributed by atoms with E-state index in [0.717, 1.165) is 15.8 Å². The summed E-state index contributed by atoms with van der Waals surface area (Å²) in [4.78, 5) is 43.1. The van der Waals surface area contributed by atoms with Crippen molar-refractivity contribution < 1.29 is 37.1 Å². The van der Waals surface area contributed by atoms with Gasteiger partial charge in [0.1, 0.15) is 0 Å². The Kier molecular flexibility index (Phi) is 8.52. The summed E-state index contributed by atoms with van der Waals surface area (Å²) in [6.07, 6.45) is 0.0606. The number of carboxylic acids is 1. The number of aliphatic carboxylic acids is 1. The normalized spacial score (nSPS) is 22.1. The van der Waals surface area contributed by atoms with Gasteiger partial charge in [-0.05, 0) is 51.9 Å². The number of aromatic nitrogens is 3. The molecule has 0 aromatic carbocycles. The van der Waals surface area contributed by atoms with Crippen molar-refractivity contribution in [3.05, 3.63) is 45.5 Å². The van der Waals surface area contributed by atoms with Crippen molar-refractivity contribution >= 4 is 40.9 Å². The molecule has 1 amide bonds. The largest absolute Gasteiger partial charge is 0.481 e. The van der Waals surface area contributed by atoms with Crippen LogP contribution >= 0.6 is 23.2 Å². The van der Waals surface area contributed by atoms with E-state index >= 15 is 0 Å². The zero-order chi connectivity index (χ0) is 29.5. The van der Waals surface area contributed by atoms with Crippen LogP contribution in [0.5, 0.6) is 0 Å². The molecular formula is C26H28Cl2F4N4O4. The summed E-state index contributed by atoms with van der Waals surface area (Å²) in [5.74, 6) is -2.82. The molecule has 0 bridgehead atoms. The fraction of sp³-hybridized carbons (Fsp3) is 0.577. The predicted molar refractivity (Wildman–Crippen MR) is 137 cm³/mol. The Bertz CT molecular complexity index is 1280. The van der Waals surface area contributed by atoms with E-state index in [1.807, 2.05) is 0 Å². The van der Waals surface area contributed by atoms with Crippen LogP contribution in [0.1, 0.15) is 84.3 Å². The van der Waals surface area contributed by atoms with Crippen molar-refractivity contribution in [3.8, 4) is 0 Å². The molecule has 218 valence electrons. The minimum atomic E-state index is -4.97. The van der Waals surface area contributed by atoms with Crippen LogP contribution in [-0.2, 0) is 11.0 Å². The van der Waals surface area contributed by atoms with Crippen molar-refractivity contribution in [3.63, 3.8) is 0 Å². The number of amides is 1. The minimum absolute atomic E-state index is 0.0817. The first kappa shape index (κ1) is 30.2. The lowest BCUT2D eigenvalue weighted by Gasteiger charge is -2.34. The summed E-state index contributed by atoms with van der Waals surface area (Å²) in [5, 5.41) is 13.2. The van der Waals surface area contributed by atoms with Gasteiger partial charge in [-0.2, -0.15) is 18.3 Å². The molecule has 2 fully saturated rings. The van der Waals surface area contributed by atoms with Crippen LogP contribution in [0, 0.1) is 10.8 Å². The number of ketones is 1. The summed E-state index contributed by atoms with van der Waals surface area (Å²) in [5.41, 5.74) is -3.86. The highest BCUT2D eigenvalue weighted by molar-refractivity contribution is 6.39. The maximum atomic E-state index is 14.4. The Morgan fingerprint density at radius 3 is 2.20 bits per heavy atom. The van der Waals surface area contributed by atoms with E-state index in [4.69, 9.17) is 23.2 Å². The van der Waals surface area contributed by atoms with Crippen LogP contribution in [0.4, 0.5) is 17.6 Å². The second-order valence-corrected chi connectivity index (χ2v) is 11.8. The molecule has 2 aliphatic rings. The topological polar surface area (TPSA) is 105 Å². The number of hydrogen-bond acceptors (Lipinski definition) is 5. The van der Waals surface area contributed by atoms with E-state index in [0.29, 0.717) is 12.8 Å². The van der Waals surface area contributed by atoms with Gasteiger partial charge >= 0.3 is 12.1 Å². The number of nitrogens with zero attached hydrogens (tertiary/aromatic N) is 4. The Morgan fingerprint density at radius 2 is 1.70 bits per heavy atom. The molecule has 40 heavy (non-hydrogen) atoms. The lowest BCUT2D eigenvalue weighted by atomic mass is 9.74. The van der Waals surface area contributed by atoms with Crippen LogP contribution < -0.4 is 0 Å². The number of hydrogen-bond donors (Lipinski definition) is 1. The van der Waals surface area contributed by atoms with E-state index < -0.39 is 65.2 Å². The average molecular weight is 607 g/mol. The lowest BCUT2D eigenvalue weighted by Crippen LogP contribution is -2.39. The maximum Gasteiger partial charge on any atom is 0.433 e. The zero-order valence-corrected chi connectivity index (χ0v) is 23.1. The van der Waals surface area contributed by atoms with Gasteiger partial charge in [-0.1, -0.05) is 23.2 Å². The Hall–Kier alpha value is -2.73. The molecule has 2 saturated carbocycles. The van der Waals surface area contributed by atoms with E-state index in [2.05, 4.69) is 10.1 Å². The quantitative estimate of drug-likeness (QED) is 0.252. The highest BCUT2D eigenvalue weighted by atomic mass is 35.5. The number of rotatable bonds is 10. The Balaban J connectivity index is 1.65. The number of carboxylic acid groups (broad SMARTS) is 1. The van der Waals surface area contributed by atoms with Crippen LogP contribution in [-0.4, -0.2) is 62.2 Å². The van der Waals surface area contributed by atoms with Crippen molar-refractivity contribution in [2.24, 2.45) is 10.8 Å². The molecule has 14 heteroatoms. The van der Waals surface area contributed by atoms with Crippen LogP contribution in [0.3, 0.4) is 0 Å². The highest BCUT2D eigenvalue weighted by Crippen LogP contribution is 2.49. The SMILES string of the molecule is C[C@]1(C(=O)O)CC[C@H](n2ncc(C(=O)N(CCC3(CF)CC3)CC(=O)c3c(Cl)cncc3Cl)c2C(F)(F)F)CC1. The Labute approximate surface area is 237 Å². The standard InChI is InChI=1S/C26H28Cl2F4N4O4/c1-24(23(39)40)4-2-15(3-5-24)36-21(26(30,31)32)16(10-34-36)22(38)35(9-8-25(14-29)6-7-25)13-19(37)20-17(27)11-33-12-18(20)28/h10-12,15H,2-9,13-14H2,1H3,(H,39,40)/t15-,24-. The van der Waals surface area contributed by atoms with Crippen molar-refractivity contribution in [1.29, 1.82) is 0 Å². The lowest BCUT2D eigenvalue weighted by molar-refractivity contribution is -0.152. The summed E-state index contributed by atoms with van der Waals surface area (Å²) in [7, 11) is 0. The van der Waals surface area contributed by atoms with E-state index in [9.17, 15) is 37.1 Å². The third-order valence-corrected chi connectivity index (χ3v) is 8.69. The van der Waals surface area contributed by atoms with E-state index in [1.54, 1.807) is 6.92 Å². The van der Waals surface area contributed by atoms with Gasteiger partial charge in [0.15, 0.2) is 11.5 Å². The first-order valence-corrected chi connectivity index (χ1v) is 13.5. The monoisotopic (exact) mass is 606 g/mol. The van der Waals surface area contributed by atoms with E-state index in [-0.39, 0.29) is 54.3 Å². The molecule has 0 aliphatic heterocycles. The molecule has 4 rings (SSSR count). The van der Waals surface area contributed by atoms with Crippen LogP contribution in [0.15, 0.2) is 18.6 Å². The fourth-order valence-electron chi connectivity index (χ4n) is 5.13. The van der Waals surface area contributed by atoms with Gasteiger partial charge in [-0.3, -0.25) is 28.4 Å². The fourth-order valence-corrected chi connectivity index (χ4v) is 5.70. The zero-order valence-electron chi connectivity index (χ0n) is 21.6. The number of carbonyl (C=O) groups excluding carboxylic acids is 2.